The second kappa shape index (κ2) is 9.07. The first-order chi connectivity index (χ1) is 14.0. The van der Waals surface area contributed by atoms with E-state index in [-0.39, 0.29) is 10.8 Å². The molecule has 0 radical (unpaired) electrons. The molecule has 31 heavy (non-hydrogen) atoms. The third kappa shape index (κ3) is 6.49. The van der Waals surface area contributed by atoms with Crippen molar-refractivity contribution in [3.63, 3.8) is 0 Å². The molecule has 0 aliphatic heterocycles. The summed E-state index contributed by atoms with van der Waals surface area (Å²) in [5.41, 5.74) is 8.85. The summed E-state index contributed by atoms with van der Waals surface area (Å²) < 4.78 is 0. The second-order valence-electron chi connectivity index (χ2n) is 14.1. The molecule has 2 rings (SSSR count). The first-order valence-electron chi connectivity index (χ1n) is 12.8. The van der Waals surface area contributed by atoms with E-state index in [9.17, 15) is 0 Å². The fourth-order valence-corrected chi connectivity index (χ4v) is 6.09. The van der Waals surface area contributed by atoms with Crippen LogP contribution in [0.5, 0.6) is 0 Å². The number of fused-ring (bicyclic) bond motifs is 1. The number of benzene rings is 1. The normalized spacial score (nSPS) is 19.4. The molecule has 176 valence electrons. The van der Waals surface area contributed by atoms with Crippen molar-refractivity contribution in [3.8, 4) is 0 Å². The summed E-state index contributed by atoms with van der Waals surface area (Å²) in [5, 5.41) is 0. The molecule has 0 N–H and O–H groups in total. The van der Waals surface area contributed by atoms with Gasteiger partial charge in [0.15, 0.2) is 0 Å². The molecule has 0 amide bonds. The largest absolute Gasteiger partial charge is 0.0989 e. The highest BCUT2D eigenvalue weighted by Gasteiger charge is 2.46. The zero-order valence-electron chi connectivity index (χ0n) is 22.9. The molecule has 0 saturated carbocycles. The zero-order chi connectivity index (χ0) is 23.8. The van der Waals surface area contributed by atoms with Gasteiger partial charge in [-0.1, -0.05) is 106 Å². The van der Waals surface area contributed by atoms with Crippen LogP contribution >= 0.6 is 0 Å². The third-order valence-corrected chi connectivity index (χ3v) is 7.23. The van der Waals surface area contributed by atoms with E-state index in [1.54, 1.807) is 11.1 Å². The Morgan fingerprint density at radius 2 is 1.52 bits per heavy atom. The van der Waals surface area contributed by atoms with Gasteiger partial charge >= 0.3 is 0 Å². The minimum atomic E-state index is 0.208. The molecular formula is C31H52. The average Bonchev–Trinajstić information content (AvgIpc) is 2.51. The van der Waals surface area contributed by atoms with Crippen LogP contribution in [0, 0.1) is 23.7 Å². The van der Waals surface area contributed by atoms with Crippen LogP contribution in [-0.2, 0) is 17.3 Å². The Kier molecular flexibility index (Phi) is 7.67. The van der Waals surface area contributed by atoms with Gasteiger partial charge in [0.1, 0.15) is 0 Å². The van der Waals surface area contributed by atoms with E-state index in [0.29, 0.717) is 16.7 Å². The van der Waals surface area contributed by atoms with Gasteiger partial charge in [0, 0.05) is 5.41 Å². The summed E-state index contributed by atoms with van der Waals surface area (Å²) in [6, 6.07) is 4.97. The van der Waals surface area contributed by atoms with Crippen LogP contribution in [0.25, 0.3) is 0 Å². The van der Waals surface area contributed by atoms with Gasteiger partial charge < -0.3 is 0 Å². The number of unbranched alkanes of at least 4 members (excludes halogenated alkanes) is 1. The summed E-state index contributed by atoms with van der Waals surface area (Å²) in [6.45, 7) is 30.9. The highest BCUT2D eigenvalue weighted by Crippen LogP contribution is 2.54. The lowest BCUT2D eigenvalue weighted by atomic mass is 9.54. The Balaban J connectivity index is 2.39. The van der Waals surface area contributed by atoms with Gasteiger partial charge in [-0.2, -0.15) is 0 Å². The molecule has 0 aromatic heterocycles. The second-order valence-corrected chi connectivity index (χ2v) is 14.1. The maximum absolute atomic E-state index is 4.81. The number of allylic oxidation sites excluding steroid dienone is 1. The first-order valence-corrected chi connectivity index (χ1v) is 12.8. The van der Waals surface area contributed by atoms with Gasteiger partial charge in [-0.15, -0.1) is 0 Å². The molecule has 0 heteroatoms. The lowest BCUT2D eigenvalue weighted by molar-refractivity contribution is 0.210. The van der Waals surface area contributed by atoms with E-state index < -0.39 is 0 Å². The zero-order valence-corrected chi connectivity index (χ0v) is 22.9. The minimum absolute atomic E-state index is 0.208. The molecule has 0 heterocycles. The topological polar surface area (TPSA) is 0 Å². The summed E-state index contributed by atoms with van der Waals surface area (Å²) in [6.07, 6.45) is 8.76. The van der Waals surface area contributed by atoms with E-state index >= 15 is 0 Å². The number of hydrogen-bond acceptors (Lipinski definition) is 0. The van der Waals surface area contributed by atoms with Gasteiger partial charge in [0.25, 0.3) is 0 Å². The van der Waals surface area contributed by atoms with E-state index in [1.165, 1.54) is 61.6 Å². The first kappa shape index (κ1) is 26.2. The standard InChI is InChI=1S/C31H52/c1-13-14-15-31(21-25-18-26(30(10,11)12)16-22(2)27(25)31)23(3)17-24(19-28(4,5)6)20-29(7,8)9/h16,18,24H,3,13-15,17,19-21H2,1-2,4-12H3. The van der Waals surface area contributed by atoms with Gasteiger partial charge in [0.05, 0.1) is 0 Å². The molecule has 1 aliphatic carbocycles. The average molecular weight is 425 g/mol. The highest BCUT2D eigenvalue weighted by atomic mass is 14.5. The van der Waals surface area contributed by atoms with Gasteiger partial charge in [0.2, 0.25) is 0 Å². The minimum Gasteiger partial charge on any atom is -0.0989 e. The molecule has 0 fully saturated rings. The molecule has 0 bridgehead atoms. The molecule has 0 spiro atoms. The SMILES string of the molecule is C=C(CC(CC(C)(C)C)CC(C)(C)C)C1(CCCC)Cc2cc(C(C)(C)C)cc(C)c21. The van der Waals surface area contributed by atoms with Crippen molar-refractivity contribution in [1.82, 2.24) is 0 Å². The van der Waals surface area contributed by atoms with Crippen molar-refractivity contribution in [2.24, 2.45) is 16.7 Å². The van der Waals surface area contributed by atoms with Crippen molar-refractivity contribution >= 4 is 0 Å². The molecule has 1 aromatic carbocycles. The maximum Gasteiger partial charge on any atom is 0.0205 e. The summed E-state index contributed by atoms with van der Waals surface area (Å²) in [7, 11) is 0. The van der Waals surface area contributed by atoms with Crippen molar-refractivity contribution in [2.75, 3.05) is 0 Å². The van der Waals surface area contributed by atoms with E-state index in [1.807, 2.05) is 0 Å². The maximum atomic E-state index is 4.81. The molecule has 0 saturated heterocycles. The fourth-order valence-electron chi connectivity index (χ4n) is 6.09. The lowest BCUT2D eigenvalue weighted by Crippen LogP contribution is -2.42. The quantitative estimate of drug-likeness (QED) is 0.364. The Morgan fingerprint density at radius 3 is 1.94 bits per heavy atom. The summed E-state index contributed by atoms with van der Waals surface area (Å²) in [5.74, 6) is 0.712. The highest BCUT2D eigenvalue weighted by molar-refractivity contribution is 5.57. The van der Waals surface area contributed by atoms with E-state index in [2.05, 4.69) is 88.3 Å². The Hall–Kier alpha value is -1.04. The van der Waals surface area contributed by atoms with Gasteiger partial charge in [-0.25, -0.2) is 0 Å². The Morgan fingerprint density at radius 1 is 0.968 bits per heavy atom. The van der Waals surface area contributed by atoms with E-state index in [4.69, 9.17) is 6.58 Å². The van der Waals surface area contributed by atoms with Crippen molar-refractivity contribution < 1.29 is 0 Å². The third-order valence-electron chi connectivity index (χ3n) is 7.23. The van der Waals surface area contributed by atoms with Crippen LogP contribution in [0.2, 0.25) is 0 Å². The number of rotatable bonds is 8. The van der Waals surface area contributed by atoms with Crippen LogP contribution in [0.1, 0.15) is 130 Å². The fraction of sp³-hybridized carbons (Fsp3) is 0.742. The number of aryl methyl sites for hydroxylation is 1. The van der Waals surface area contributed by atoms with E-state index in [0.717, 1.165) is 0 Å². The van der Waals surface area contributed by atoms with Gasteiger partial charge in [-0.05, 0) is 83.4 Å². The van der Waals surface area contributed by atoms with Crippen LogP contribution in [0.4, 0.5) is 0 Å². The van der Waals surface area contributed by atoms with Crippen LogP contribution in [0.15, 0.2) is 24.3 Å². The van der Waals surface area contributed by atoms with Gasteiger partial charge in [-0.3, -0.25) is 0 Å². The predicted molar refractivity (Wildman–Crippen MR) is 140 cm³/mol. The monoisotopic (exact) mass is 424 g/mol. The lowest BCUT2D eigenvalue weighted by Gasteiger charge is -2.49. The summed E-state index contributed by atoms with van der Waals surface area (Å²) in [4.78, 5) is 0. The predicted octanol–water partition coefficient (Wildman–Crippen LogP) is 9.71. The Labute approximate surface area is 195 Å². The molecule has 1 aliphatic rings. The van der Waals surface area contributed by atoms with Crippen LogP contribution < -0.4 is 0 Å². The molecular weight excluding hydrogens is 372 g/mol. The smallest absolute Gasteiger partial charge is 0.0205 e. The van der Waals surface area contributed by atoms with Crippen molar-refractivity contribution in [2.45, 2.75) is 132 Å². The molecule has 1 aromatic rings. The summed E-state index contributed by atoms with van der Waals surface area (Å²) >= 11 is 0. The van der Waals surface area contributed by atoms with Crippen molar-refractivity contribution in [1.29, 1.82) is 0 Å². The molecule has 0 nitrogen and oxygen atoms in total. The van der Waals surface area contributed by atoms with Crippen LogP contribution in [0.3, 0.4) is 0 Å². The molecule has 1 unspecified atom stereocenters. The van der Waals surface area contributed by atoms with Crippen molar-refractivity contribution in [3.05, 3.63) is 46.5 Å². The van der Waals surface area contributed by atoms with Crippen LogP contribution in [-0.4, -0.2) is 0 Å². The molecule has 1 atom stereocenters. The number of hydrogen-bond donors (Lipinski definition) is 0. The Bertz CT molecular complexity index is 739.